The van der Waals surface area contributed by atoms with Crippen LogP contribution in [0.5, 0.6) is 5.75 Å². The summed E-state index contributed by atoms with van der Waals surface area (Å²) in [5.74, 6) is 2.07. The summed E-state index contributed by atoms with van der Waals surface area (Å²) in [7, 11) is 1.64. The van der Waals surface area contributed by atoms with E-state index in [1.54, 1.807) is 13.2 Å². The molecule has 0 bridgehead atoms. The van der Waals surface area contributed by atoms with Crippen LogP contribution in [0.4, 0.5) is 11.6 Å². The van der Waals surface area contributed by atoms with Crippen LogP contribution in [-0.2, 0) is 0 Å². The Bertz CT molecular complexity index is 1010. The summed E-state index contributed by atoms with van der Waals surface area (Å²) in [5, 5.41) is 0. The third kappa shape index (κ3) is 3.40. The molecule has 2 N–H and O–H groups in total. The van der Waals surface area contributed by atoms with Crippen molar-refractivity contribution in [1.29, 1.82) is 0 Å². The highest BCUT2D eigenvalue weighted by Crippen LogP contribution is 2.25. The standard InChI is InChI=1S/C20H22N6O2/c1-13-20(24-16-5-4-15(28-2)11-17(16)23-13)26-9-7-25(8-10-26)18-6-3-14(12-22-18)19(21)27/h3-6,11-12H,7-10H2,1-2H3,(H2,21,27). The van der Waals surface area contributed by atoms with E-state index in [1.165, 1.54) is 6.20 Å². The molecule has 0 unspecified atom stereocenters. The third-order valence-electron chi connectivity index (χ3n) is 4.96. The van der Waals surface area contributed by atoms with E-state index in [0.29, 0.717) is 5.56 Å². The summed E-state index contributed by atoms with van der Waals surface area (Å²) in [6.45, 7) is 5.24. The Morgan fingerprint density at radius 3 is 2.43 bits per heavy atom. The highest BCUT2D eigenvalue weighted by molar-refractivity contribution is 5.92. The van der Waals surface area contributed by atoms with Crippen molar-refractivity contribution in [2.45, 2.75) is 6.92 Å². The van der Waals surface area contributed by atoms with Crippen molar-refractivity contribution < 1.29 is 9.53 Å². The summed E-state index contributed by atoms with van der Waals surface area (Å²) in [4.78, 5) is 29.5. The molecule has 0 saturated carbocycles. The summed E-state index contributed by atoms with van der Waals surface area (Å²) in [6, 6.07) is 9.28. The minimum absolute atomic E-state index is 0.418. The van der Waals surface area contributed by atoms with E-state index in [0.717, 1.165) is 60.3 Å². The lowest BCUT2D eigenvalue weighted by atomic mass is 10.2. The first-order valence-electron chi connectivity index (χ1n) is 9.13. The molecule has 8 heteroatoms. The predicted octanol–water partition coefficient (Wildman–Crippen LogP) is 1.77. The Morgan fingerprint density at radius 2 is 1.79 bits per heavy atom. The maximum absolute atomic E-state index is 11.2. The van der Waals surface area contributed by atoms with Gasteiger partial charge in [0, 0.05) is 38.4 Å². The molecular formula is C20H22N6O2. The Kier molecular flexibility index (Phi) is 4.68. The van der Waals surface area contributed by atoms with Gasteiger partial charge in [0.05, 0.1) is 29.4 Å². The lowest BCUT2D eigenvalue weighted by Gasteiger charge is -2.36. The van der Waals surface area contributed by atoms with E-state index in [1.807, 2.05) is 31.2 Å². The first-order chi connectivity index (χ1) is 13.5. The van der Waals surface area contributed by atoms with E-state index in [2.05, 4.69) is 14.8 Å². The van der Waals surface area contributed by atoms with Gasteiger partial charge in [0.2, 0.25) is 5.91 Å². The summed E-state index contributed by atoms with van der Waals surface area (Å²) in [5.41, 5.74) is 8.28. The number of hydrogen-bond donors (Lipinski definition) is 1. The second-order valence-corrected chi connectivity index (χ2v) is 6.73. The van der Waals surface area contributed by atoms with Crippen LogP contribution in [0.1, 0.15) is 16.1 Å². The Morgan fingerprint density at radius 1 is 1.04 bits per heavy atom. The molecular weight excluding hydrogens is 356 g/mol. The number of benzene rings is 1. The van der Waals surface area contributed by atoms with Crippen molar-refractivity contribution in [3.05, 3.63) is 47.8 Å². The van der Waals surface area contributed by atoms with Gasteiger partial charge in [-0.2, -0.15) is 0 Å². The molecule has 1 fully saturated rings. The second-order valence-electron chi connectivity index (χ2n) is 6.73. The van der Waals surface area contributed by atoms with Gasteiger partial charge in [-0.05, 0) is 31.2 Å². The molecule has 1 saturated heterocycles. The molecule has 0 radical (unpaired) electrons. The van der Waals surface area contributed by atoms with Crippen LogP contribution in [0.3, 0.4) is 0 Å². The average Bonchev–Trinajstić information content (AvgIpc) is 2.73. The van der Waals surface area contributed by atoms with Crippen LogP contribution in [0.2, 0.25) is 0 Å². The molecule has 28 heavy (non-hydrogen) atoms. The van der Waals surface area contributed by atoms with Crippen molar-refractivity contribution in [1.82, 2.24) is 15.0 Å². The van der Waals surface area contributed by atoms with Gasteiger partial charge in [0.1, 0.15) is 11.6 Å². The van der Waals surface area contributed by atoms with E-state index < -0.39 is 5.91 Å². The molecule has 1 aromatic carbocycles. The third-order valence-corrected chi connectivity index (χ3v) is 4.96. The number of rotatable bonds is 4. The minimum atomic E-state index is -0.466. The minimum Gasteiger partial charge on any atom is -0.497 e. The number of nitrogens with two attached hydrogens (primary N) is 1. The number of amides is 1. The van der Waals surface area contributed by atoms with Crippen molar-refractivity contribution in [2.24, 2.45) is 5.73 Å². The fraction of sp³-hybridized carbons (Fsp3) is 0.300. The van der Waals surface area contributed by atoms with Crippen LogP contribution in [-0.4, -0.2) is 54.1 Å². The topological polar surface area (TPSA) is 97.5 Å². The van der Waals surface area contributed by atoms with Gasteiger partial charge in [0.25, 0.3) is 0 Å². The molecule has 0 spiro atoms. The molecule has 0 atom stereocenters. The van der Waals surface area contributed by atoms with E-state index in [9.17, 15) is 4.79 Å². The number of carbonyl (C=O) groups is 1. The van der Waals surface area contributed by atoms with Gasteiger partial charge >= 0.3 is 0 Å². The van der Waals surface area contributed by atoms with E-state index >= 15 is 0 Å². The molecule has 3 heterocycles. The molecule has 4 rings (SSSR count). The number of nitrogens with zero attached hydrogens (tertiary/aromatic N) is 5. The number of aryl methyl sites for hydroxylation is 1. The SMILES string of the molecule is COc1ccc2nc(N3CCN(c4ccc(C(N)=O)cn4)CC3)c(C)nc2c1. The van der Waals surface area contributed by atoms with Crippen LogP contribution < -0.4 is 20.3 Å². The number of aromatic nitrogens is 3. The molecule has 2 aromatic heterocycles. The van der Waals surface area contributed by atoms with Crippen LogP contribution in [0.15, 0.2) is 36.5 Å². The monoisotopic (exact) mass is 378 g/mol. The Labute approximate surface area is 163 Å². The van der Waals surface area contributed by atoms with Gasteiger partial charge < -0.3 is 20.3 Å². The Hall–Kier alpha value is -3.42. The molecule has 0 aliphatic carbocycles. The zero-order valence-corrected chi connectivity index (χ0v) is 15.9. The van der Waals surface area contributed by atoms with Gasteiger partial charge in [-0.25, -0.2) is 15.0 Å². The van der Waals surface area contributed by atoms with E-state index in [4.69, 9.17) is 20.4 Å². The zero-order chi connectivity index (χ0) is 19.7. The highest BCUT2D eigenvalue weighted by atomic mass is 16.5. The number of methoxy groups -OCH3 is 1. The fourth-order valence-electron chi connectivity index (χ4n) is 3.41. The maximum atomic E-state index is 11.2. The summed E-state index contributed by atoms with van der Waals surface area (Å²) >= 11 is 0. The molecule has 1 amide bonds. The molecule has 1 aliphatic rings. The van der Waals surface area contributed by atoms with Crippen LogP contribution in [0.25, 0.3) is 11.0 Å². The van der Waals surface area contributed by atoms with Crippen molar-refractivity contribution in [2.75, 3.05) is 43.1 Å². The smallest absolute Gasteiger partial charge is 0.250 e. The van der Waals surface area contributed by atoms with Gasteiger partial charge in [-0.1, -0.05) is 0 Å². The number of piperazine rings is 1. The number of primary amides is 1. The molecule has 1 aliphatic heterocycles. The number of anilines is 2. The number of hydrogen-bond acceptors (Lipinski definition) is 7. The Balaban J connectivity index is 1.50. The number of pyridine rings is 1. The van der Waals surface area contributed by atoms with E-state index in [-0.39, 0.29) is 0 Å². The largest absolute Gasteiger partial charge is 0.497 e. The fourth-order valence-corrected chi connectivity index (χ4v) is 3.41. The first kappa shape index (κ1) is 18.0. The maximum Gasteiger partial charge on any atom is 0.250 e. The molecule has 144 valence electrons. The summed E-state index contributed by atoms with van der Waals surface area (Å²) in [6.07, 6.45) is 1.53. The quantitative estimate of drug-likeness (QED) is 0.739. The zero-order valence-electron chi connectivity index (χ0n) is 15.9. The molecule has 3 aromatic rings. The number of fused-ring (bicyclic) bond motifs is 1. The van der Waals surface area contributed by atoms with Crippen molar-refractivity contribution in [3.8, 4) is 5.75 Å². The van der Waals surface area contributed by atoms with Crippen molar-refractivity contribution in [3.63, 3.8) is 0 Å². The molecule has 8 nitrogen and oxygen atoms in total. The van der Waals surface area contributed by atoms with Crippen molar-refractivity contribution >= 4 is 28.6 Å². The van der Waals surface area contributed by atoms with Gasteiger partial charge in [0.15, 0.2) is 5.82 Å². The lowest BCUT2D eigenvalue weighted by molar-refractivity contribution is 0.1000. The average molecular weight is 378 g/mol. The second kappa shape index (κ2) is 7.30. The normalized spacial score (nSPS) is 14.4. The van der Waals surface area contributed by atoms with Crippen LogP contribution in [0, 0.1) is 6.92 Å². The number of ether oxygens (including phenoxy) is 1. The predicted molar refractivity (Wildman–Crippen MR) is 108 cm³/mol. The number of carbonyl (C=O) groups excluding carboxylic acids is 1. The van der Waals surface area contributed by atoms with Gasteiger partial charge in [-0.15, -0.1) is 0 Å². The first-order valence-corrected chi connectivity index (χ1v) is 9.13. The van der Waals surface area contributed by atoms with Crippen LogP contribution >= 0.6 is 0 Å². The highest BCUT2D eigenvalue weighted by Gasteiger charge is 2.21. The lowest BCUT2D eigenvalue weighted by Crippen LogP contribution is -2.47. The van der Waals surface area contributed by atoms with Gasteiger partial charge in [-0.3, -0.25) is 4.79 Å². The summed E-state index contributed by atoms with van der Waals surface area (Å²) < 4.78 is 5.27.